The van der Waals surface area contributed by atoms with Gasteiger partial charge in [-0.1, -0.05) is 0 Å². The first-order valence-corrected chi connectivity index (χ1v) is 5.32. The molecule has 1 aliphatic carbocycles. The third-order valence-corrected chi connectivity index (χ3v) is 3.09. The zero-order valence-corrected chi connectivity index (χ0v) is 8.71. The highest BCUT2D eigenvalue weighted by Crippen LogP contribution is 2.49. The minimum atomic E-state index is -2.76. The normalized spacial score (nSPS) is 32.7. The van der Waals surface area contributed by atoms with Crippen LogP contribution in [0, 0.1) is 5.92 Å². The first-order valence-electron chi connectivity index (χ1n) is 5.32. The molecule has 1 saturated heterocycles. The van der Waals surface area contributed by atoms with Gasteiger partial charge >= 0.3 is 0 Å². The molecule has 1 heterocycles. The molecule has 0 unspecified atom stereocenters. The van der Waals surface area contributed by atoms with Crippen LogP contribution in [0.25, 0.3) is 0 Å². The van der Waals surface area contributed by atoms with Gasteiger partial charge in [0, 0.05) is 19.6 Å². The third-order valence-electron chi connectivity index (χ3n) is 3.09. The molecule has 0 aromatic rings. The van der Waals surface area contributed by atoms with Crippen molar-refractivity contribution in [2.24, 2.45) is 5.92 Å². The smallest absolute Gasteiger partial charge is 0.260 e. The number of hydrogen-bond acceptors (Lipinski definition) is 2. The van der Waals surface area contributed by atoms with Crippen molar-refractivity contribution >= 4 is 5.91 Å². The van der Waals surface area contributed by atoms with Gasteiger partial charge in [-0.15, -0.1) is 0 Å². The number of amides is 1. The van der Waals surface area contributed by atoms with Crippen LogP contribution < -0.4 is 0 Å². The van der Waals surface area contributed by atoms with Gasteiger partial charge in [0.15, 0.2) is 0 Å². The summed E-state index contributed by atoms with van der Waals surface area (Å²) in [4.78, 5) is 13.3. The second-order valence-corrected chi connectivity index (χ2v) is 4.16. The van der Waals surface area contributed by atoms with Gasteiger partial charge in [-0.2, -0.15) is 0 Å². The van der Waals surface area contributed by atoms with Crippen LogP contribution in [-0.4, -0.2) is 42.5 Å². The average molecular weight is 219 g/mol. The van der Waals surface area contributed by atoms with Crippen molar-refractivity contribution in [2.75, 3.05) is 19.8 Å². The highest BCUT2D eigenvalue weighted by Gasteiger charge is 2.62. The Hall–Kier alpha value is -0.710. The number of carbonyl (C=O) groups is 1. The van der Waals surface area contributed by atoms with Crippen LogP contribution >= 0.6 is 0 Å². The number of rotatable bonds is 3. The Balaban J connectivity index is 1.97. The lowest BCUT2D eigenvalue weighted by molar-refractivity contribution is -0.137. The van der Waals surface area contributed by atoms with Gasteiger partial charge in [0.05, 0.1) is 12.6 Å². The number of ether oxygens (including phenoxy) is 1. The summed E-state index contributed by atoms with van der Waals surface area (Å²) in [5, 5.41) is 0. The number of halogens is 2. The first kappa shape index (κ1) is 10.8. The van der Waals surface area contributed by atoms with Gasteiger partial charge in [-0.05, 0) is 13.3 Å². The summed E-state index contributed by atoms with van der Waals surface area (Å²) in [6, 6.07) is -0.00102. The van der Waals surface area contributed by atoms with Crippen molar-refractivity contribution in [2.45, 2.75) is 31.7 Å². The van der Waals surface area contributed by atoms with E-state index in [1.807, 2.05) is 6.92 Å². The van der Waals surface area contributed by atoms with E-state index in [1.165, 1.54) is 0 Å². The van der Waals surface area contributed by atoms with Gasteiger partial charge in [-0.25, -0.2) is 8.78 Å². The summed E-state index contributed by atoms with van der Waals surface area (Å²) in [5.41, 5.74) is 0. The predicted octanol–water partition coefficient (Wildman–Crippen LogP) is 1.28. The molecule has 2 atom stereocenters. The fourth-order valence-corrected chi connectivity index (χ4v) is 2.04. The van der Waals surface area contributed by atoms with Crippen molar-refractivity contribution in [3.05, 3.63) is 0 Å². The summed E-state index contributed by atoms with van der Waals surface area (Å²) in [6.45, 7) is 3.41. The van der Waals surface area contributed by atoms with Gasteiger partial charge in [0.2, 0.25) is 5.91 Å². The van der Waals surface area contributed by atoms with Crippen molar-refractivity contribution in [3.63, 3.8) is 0 Å². The zero-order valence-electron chi connectivity index (χ0n) is 8.71. The number of hydrogen-bond donors (Lipinski definition) is 0. The number of nitrogens with zero attached hydrogens (tertiary/aromatic N) is 1. The van der Waals surface area contributed by atoms with Crippen LogP contribution in [0.3, 0.4) is 0 Å². The molecule has 2 aliphatic rings. The van der Waals surface area contributed by atoms with Crippen molar-refractivity contribution < 1.29 is 18.3 Å². The molecule has 0 bridgehead atoms. The van der Waals surface area contributed by atoms with E-state index in [1.54, 1.807) is 4.90 Å². The van der Waals surface area contributed by atoms with E-state index in [4.69, 9.17) is 4.74 Å². The van der Waals surface area contributed by atoms with Gasteiger partial charge in [0.1, 0.15) is 5.92 Å². The van der Waals surface area contributed by atoms with Crippen LogP contribution in [-0.2, 0) is 9.53 Å². The lowest BCUT2D eigenvalue weighted by atomic mass is 10.2. The molecule has 0 aromatic heterocycles. The predicted molar refractivity (Wildman–Crippen MR) is 49.7 cm³/mol. The Morgan fingerprint density at radius 1 is 1.60 bits per heavy atom. The molecular formula is C10H15F2NO2. The van der Waals surface area contributed by atoms with E-state index in [9.17, 15) is 13.6 Å². The Bertz CT molecular complexity index is 264. The molecule has 5 heteroatoms. The van der Waals surface area contributed by atoms with Gasteiger partial charge in [-0.3, -0.25) is 4.79 Å². The molecular weight excluding hydrogens is 204 g/mol. The van der Waals surface area contributed by atoms with Crippen LogP contribution in [0.5, 0.6) is 0 Å². The third kappa shape index (κ3) is 1.97. The Labute approximate surface area is 87.4 Å². The van der Waals surface area contributed by atoms with E-state index >= 15 is 0 Å². The van der Waals surface area contributed by atoms with Gasteiger partial charge in [0.25, 0.3) is 5.92 Å². The minimum Gasteiger partial charge on any atom is -0.379 e. The Morgan fingerprint density at radius 2 is 2.27 bits per heavy atom. The van der Waals surface area contributed by atoms with Crippen LogP contribution in [0.4, 0.5) is 8.78 Å². The second-order valence-electron chi connectivity index (χ2n) is 4.16. The van der Waals surface area contributed by atoms with E-state index in [0.29, 0.717) is 19.8 Å². The lowest BCUT2D eigenvalue weighted by Crippen LogP contribution is -2.42. The maximum Gasteiger partial charge on any atom is 0.260 e. The van der Waals surface area contributed by atoms with Crippen LogP contribution in [0.15, 0.2) is 0 Å². The Kier molecular flexibility index (Phi) is 2.66. The quantitative estimate of drug-likeness (QED) is 0.715. The topological polar surface area (TPSA) is 29.5 Å². The SMILES string of the molecule is CCN(C(=O)[C@H]1CC1(F)F)[C@@H]1CCOC1. The average Bonchev–Trinajstić information content (AvgIpc) is 2.66. The fraction of sp³-hybridized carbons (Fsp3) is 0.900. The molecule has 0 aromatic carbocycles. The lowest BCUT2D eigenvalue weighted by Gasteiger charge is -2.26. The summed E-state index contributed by atoms with van der Waals surface area (Å²) < 4.78 is 30.7. The maximum atomic E-state index is 12.8. The van der Waals surface area contributed by atoms with E-state index in [-0.39, 0.29) is 12.5 Å². The summed E-state index contributed by atoms with van der Waals surface area (Å²) in [6.07, 6.45) is 0.480. The molecule has 86 valence electrons. The van der Waals surface area contributed by atoms with E-state index < -0.39 is 17.7 Å². The number of carbonyl (C=O) groups excluding carboxylic acids is 1. The number of alkyl halides is 2. The first-order chi connectivity index (χ1) is 7.06. The molecule has 0 N–H and O–H groups in total. The largest absolute Gasteiger partial charge is 0.379 e. The molecule has 2 fully saturated rings. The summed E-state index contributed by atoms with van der Waals surface area (Å²) >= 11 is 0. The molecule has 3 nitrogen and oxygen atoms in total. The summed E-state index contributed by atoms with van der Waals surface area (Å²) in [7, 11) is 0. The monoisotopic (exact) mass is 219 g/mol. The molecule has 1 amide bonds. The van der Waals surface area contributed by atoms with Crippen molar-refractivity contribution in [1.29, 1.82) is 0 Å². The second kappa shape index (κ2) is 3.70. The fourth-order valence-electron chi connectivity index (χ4n) is 2.04. The Morgan fingerprint density at radius 3 is 2.67 bits per heavy atom. The minimum absolute atomic E-state index is 0.00102. The standard InChI is InChI=1S/C10H15F2NO2/c1-2-13(7-3-4-15-6-7)9(14)8-5-10(8,11)12/h7-8H,2-6H2,1H3/t7-,8-/m1/s1. The van der Waals surface area contributed by atoms with Crippen LogP contribution in [0.2, 0.25) is 0 Å². The molecule has 15 heavy (non-hydrogen) atoms. The zero-order chi connectivity index (χ0) is 11.1. The van der Waals surface area contributed by atoms with Gasteiger partial charge < -0.3 is 9.64 Å². The summed E-state index contributed by atoms with van der Waals surface area (Å²) in [5.74, 6) is -4.24. The molecule has 2 rings (SSSR count). The van der Waals surface area contributed by atoms with E-state index in [0.717, 1.165) is 6.42 Å². The number of likely N-dealkylation sites (N-methyl/N-ethyl adjacent to an activating group) is 1. The molecule has 0 radical (unpaired) electrons. The van der Waals surface area contributed by atoms with Crippen molar-refractivity contribution in [3.8, 4) is 0 Å². The van der Waals surface area contributed by atoms with E-state index in [2.05, 4.69) is 0 Å². The maximum absolute atomic E-state index is 12.8. The highest BCUT2D eigenvalue weighted by molar-refractivity contribution is 5.83. The highest BCUT2D eigenvalue weighted by atomic mass is 19.3. The van der Waals surface area contributed by atoms with Crippen molar-refractivity contribution in [1.82, 2.24) is 4.90 Å². The molecule has 1 saturated carbocycles. The molecule has 0 spiro atoms. The molecule has 1 aliphatic heterocycles. The van der Waals surface area contributed by atoms with Crippen LogP contribution in [0.1, 0.15) is 19.8 Å².